The third-order valence-electron chi connectivity index (χ3n) is 3.68. The molecule has 1 heterocycles. The van der Waals surface area contributed by atoms with Crippen LogP contribution in [0.4, 0.5) is 5.69 Å². The number of para-hydroxylation sites is 1. The molecular formula is C19H13Br2N3O4S. The van der Waals surface area contributed by atoms with Gasteiger partial charge in [0.2, 0.25) is 0 Å². The highest BCUT2D eigenvalue weighted by Gasteiger charge is 2.25. The number of hydrogen-bond acceptors (Lipinski definition) is 5. The number of carbonyl (C=O) groups excluding carboxylic acids is 3. The fraction of sp³-hybridized carbons (Fsp3) is 0.0526. The molecule has 7 nitrogen and oxygen atoms in total. The van der Waals surface area contributed by atoms with Gasteiger partial charge in [-0.2, -0.15) is 0 Å². The van der Waals surface area contributed by atoms with Crippen molar-refractivity contribution in [1.29, 1.82) is 0 Å². The summed E-state index contributed by atoms with van der Waals surface area (Å²) in [5, 5.41) is 7.44. The van der Waals surface area contributed by atoms with Crippen LogP contribution in [-0.4, -0.2) is 29.4 Å². The zero-order valence-electron chi connectivity index (χ0n) is 14.6. The van der Waals surface area contributed by atoms with Crippen molar-refractivity contribution in [2.24, 2.45) is 0 Å². The van der Waals surface area contributed by atoms with Gasteiger partial charge in [-0.15, -0.1) is 0 Å². The van der Waals surface area contributed by atoms with Crippen molar-refractivity contribution in [1.82, 2.24) is 10.6 Å². The van der Waals surface area contributed by atoms with Crippen molar-refractivity contribution < 1.29 is 19.1 Å². The van der Waals surface area contributed by atoms with Gasteiger partial charge in [0.05, 0.1) is 8.95 Å². The molecule has 0 saturated carbocycles. The number of nitrogens with one attached hydrogen (secondary N) is 3. The zero-order valence-corrected chi connectivity index (χ0v) is 18.6. The van der Waals surface area contributed by atoms with E-state index in [0.29, 0.717) is 25.9 Å². The zero-order chi connectivity index (χ0) is 21.0. The summed E-state index contributed by atoms with van der Waals surface area (Å²) in [6.07, 6.45) is 1.42. The Kier molecular flexibility index (Phi) is 6.78. The summed E-state index contributed by atoms with van der Waals surface area (Å²) < 4.78 is 6.68. The van der Waals surface area contributed by atoms with E-state index >= 15 is 0 Å². The Morgan fingerprint density at radius 2 is 1.66 bits per heavy atom. The normalized spacial score (nSPS) is 13.4. The molecule has 0 bridgehead atoms. The number of carbonyl (C=O) groups is 3. The van der Waals surface area contributed by atoms with E-state index in [1.165, 1.54) is 6.08 Å². The molecule has 0 atom stereocenters. The fourth-order valence-electron chi connectivity index (χ4n) is 2.43. The van der Waals surface area contributed by atoms with Crippen molar-refractivity contribution in [3.63, 3.8) is 0 Å². The molecule has 0 aliphatic carbocycles. The first kappa shape index (κ1) is 21.2. The van der Waals surface area contributed by atoms with Gasteiger partial charge in [0, 0.05) is 5.69 Å². The molecule has 3 N–H and O–H groups in total. The molecule has 1 aliphatic heterocycles. The van der Waals surface area contributed by atoms with Crippen LogP contribution in [0.3, 0.4) is 0 Å². The maximum absolute atomic E-state index is 12.1. The molecule has 0 spiro atoms. The lowest BCUT2D eigenvalue weighted by atomic mass is 10.1. The molecule has 29 heavy (non-hydrogen) atoms. The van der Waals surface area contributed by atoms with Gasteiger partial charge < -0.3 is 10.1 Å². The Bertz CT molecular complexity index is 996. The van der Waals surface area contributed by atoms with E-state index in [4.69, 9.17) is 17.0 Å². The summed E-state index contributed by atoms with van der Waals surface area (Å²) in [6.45, 7) is -0.200. The average Bonchev–Trinajstić information content (AvgIpc) is 2.65. The molecule has 0 aromatic heterocycles. The van der Waals surface area contributed by atoms with Crippen LogP contribution in [0.1, 0.15) is 5.56 Å². The predicted octanol–water partition coefficient (Wildman–Crippen LogP) is 3.14. The maximum atomic E-state index is 12.1. The number of halogens is 2. The van der Waals surface area contributed by atoms with Gasteiger partial charge in [0.15, 0.2) is 11.7 Å². The Labute approximate surface area is 188 Å². The van der Waals surface area contributed by atoms with E-state index in [1.807, 2.05) is 18.2 Å². The highest BCUT2D eigenvalue weighted by Crippen LogP contribution is 2.35. The van der Waals surface area contributed by atoms with Gasteiger partial charge >= 0.3 is 0 Å². The lowest BCUT2D eigenvalue weighted by Gasteiger charge is -2.16. The summed E-state index contributed by atoms with van der Waals surface area (Å²) in [5.41, 5.74) is 1.16. The number of benzene rings is 2. The molecule has 1 fully saturated rings. The Morgan fingerprint density at radius 1 is 1.07 bits per heavy atom. The van der Waals surface area contributed by atoms with E-state index in [0.717, 1.165) is 0 Å². The van der Waals surface area contributed by atoms with Crippen LogP contribution in [0.25, 0.3) is 6.08 Å². The van der Waals surface area contributed by atoms with Gasteiger partial charge in [-0.3, -0.25) is 25.0 Å². The average molecular weight is 539 g/mol. The molecular weight excluding hydrogens is 526 g/mol. The highest BCUT2D eigenvalue weighted by atomic mass is 79.9. The molecule has 3 rings (SSSR count). The molecule has 148 valence electrons. The van der Waals surface area contributed by atoms with Gasteiger partial charge in [0.1, 0.15) is 11.3 Å². The monoisotopic (exact) mass is 537 g/mol. The van der Waals surface area contributed by atoms with Crippen LogP contribution >= 0.6 is 44.1 Å². The van der Waals surface area contributed by atoms with Crippen LogP contribution in [-0.2, 0) is 14.4 Å². The van der Waals surface area contributed by atoms with E-state index in [9.17, 15) is 14.4 Å². The number of thiocarbonyl (C=S) groups is 1. The minimum Gasteiger partial charge on any atom is -0.481 e. The Morgan fingerprint density at radius 3 is 2.24 bits per heavy atom. The second kappa shape index (κ2) is 9.29. The largest absolute Gasteiger partial charge is 0.481 e. The van der Waals surface area contributed by atoms with Gasteiger partial charge in [-0.1, -0.05) is 18.2 Å². The number of hydrogen-bond donors (Lipinski definition) is 3. The third kappa shape index (κ3) is 5.49. The van der Waals surface area contributed by atoms with Crippen LogP contribution in [0.15, 0.2) is 57.0 Å². The van der Waals surface area contributed by atoms with E-state index in [1.54, 1.807) is 24.3 Å². The van der Waals surface area contributed by atoms with Crippen molar-refractivity contribution >= 4 is 78.7 Å². The number of anilines is 1. The van der Waals surface area contributed by atoms with Gasteiger partial charge in [0.25, 0.3) is 17.7 Å². The van der Waals surface area contributed by atoms with Crippen molar-refractivity contribution in [3.8, 4) is 5.75 Å². The summed E-state index contributed by atoms with van der Waals surface area (Å²) in [7, 11) is 0. The van der Waals surface area contributed by atoms with Gasteiger partial charge in [-0.05, 0) is 80.0 Å². The second-order valence-electron chi connectivity index (χ2n) is 5.81. The molecule has 2 aromatic rings. The van der Waals surface area contributed by atoms with E-state index in [2.05, 4.69) is 47.8 Å². The molecule has 1 saturated heterocycles. The fourth-order valence-corrected chi connectivity index (χ4v) is 4.07. The van der Waals surface area contributed by atoms with Crippen molar-refractivity contribution in [3.05, 3.63) is 62.5 Å². The van der Waals surface area contributed by atoms with Crippen LogP contribution < -0.4 is 20.7 Å². The molecule has 10 heteroatoms. The SMILES string of the molecule is O=C(COc1c(Br)cc(C=C2C(=O)NC(=S)NC2=O)cc1Br)Nc1ccccc1. The molecule has 1 aliphatic rings. The molecule has 0 radical (unpaired) electrons. The first-order valence-corrected chi connectivity index (χ1v) is 10.2. The quantitative estimate of drug-likeness (QED) is 0.309. The first-order valence-electron chi connectivity index (χ1n) is 8.18. The summed E-state index contributed by atoms with van der Waals surface area (Å²) in [4.78, 5) is 36.0. The standard InChI is InChI=1S/C19H13Br2N3O4S/c20-13-7-10(6-12-17(26)23-19(29)24-18(12)27)8-14(21)16(13)28-9-15(25)22-11-4-2-1-3-5-11/h1-8H,9H2,(H,22,25)(H2,23,24,26,27,29). The molecule has 3 amide bonds. The Balaban J connectivity index is 1.72. The van der Waals surface area contributed by atoms with Crippen molar-refractivity contribution in [2.45, 2.75) is 0 Å². The summed E-state index contributed by atoms with van der Waals surface area (Å²) >= 11 is 11.5. The lowest BCUT2D eigenvalue weighted by Crippen LogP contribution is -2.51. The number of amides is 3. The lowest BCUT2D eigenvalue weighted by molar-refractivity contribution is -0.123. The smallest absolute Gasteiger partial charge is 0.263 e. The molecule has 0 unspecified atom stereocenters. The predicted molar refractivity (Wildman–Crippen MR) is 119 cm³/mol. The van der Waals surface area contributed by atoms with Crippen LogP contribution in [0, 0.1) is 0 Å². The minimum absolute atomic E-state index is 0.0305. The number of rotatable bonds is 5. The van der Waals surface area contributed by atoms with Crippen LogP contribution in [0.5, 0.6) is 5.75 Å². The molecule has 2 aromatic carbocycles. The topological polar surface area (TPSA) is 96.5 Å². The second-order valence-corrected chi connectivity index (χ2v) is 7.93. The summed E-state index contributed by atoms with van der Waals surface area (Å²) in [6, 6.07) is 12.4. The third-order valence-corrected chi connectivity index (χ3v) is 5.06. The minimum atomic E-state index is -0.580. The van der Waals surface area contributed by atoms with Gasteiger partial charge in [-0.25, -0.2) is 0 Å². The number of ether oxygens (including phenoxy) is 1. The van der Waals surface area contributed by atoms with Crippen LogP contribution in [0.2, 0.25) is 0 Å². The van der Waals surface area contributed by atoms with E-state index in [-0.39, 0.29) is 23.2 Å². The van der Waals surface area contributed by atoms with E-state index < -0.39 is 11.8 Å². The maximum Gasteiger partial charge on any atom is 0.263 e. The first-order chi connectivity index (χ1) is 13.8. The van der Waals surface area contributed by atoms with Crippen molar-refractivity contribution in [2.75, 3.05) is 11.9 Å². The Hall–Kier alpha value is -2.56. The highest BCUT2D eigenvalue weighted by molar-refractivity contribution is 9.11. The summed E-state index contributed by atoms with van der Waals surface area (Å²) in [5.74, 6) is -1.06.